The molecule has 0 saturated carbocycles. The number of furan rings is 1. The average molecular weight is 241 g/mol. The van der Waals surface area contributed by atoms with Crippen molar-refractivity contribution < 1.29 is 4.42 Å². The van der Waals surface area contributed by atoms with Gasteiger partial charge in [-0.1, -0.05) is 13.8 Å². The molecular weight excluding hydrogens is 218 g/mol. The Balaban J connectivity index is 1.99. The zero-order valence-electron chi connectivity index (χ0n) is 10.5. The molecule has 0 aromatic carbocycles. The van der Waals surface area contributed by atoms with Crippen LogP contribution in [-0.2, 0) is 0 Å². The SMILES string of the molecule is CC(C)CSCCCNC(C)c1ccco1. The molecule has 2 nitrogen and oxygen atoms in total. The largest absolute Gasteiger partial charge is 0.468 e. The first kappa shape index (κ1) is 13.7. The highest BCUT2D eigenvalue weighted by molar-refractivity contribution is 7.99. The summed E-state index contributed by atoms with van der Waals surface area (Å²) in [6, 6.07) is 4.28. The van der Waals surface area contributed by atoms with E-state index < -0.39 is 0 Å². The fraction of sp³-hybridized carbons (Fsp3) is 0.692. The second kappa shape index (κ2) is 7.80. The first-order valence-electron chi connectivity index (χ1n) is 6.04. The molecule has 3 heteroatoms. The van der Waals surface area contributed by atoms with Gasteiger partial charge in [-0.2, -0.15) is 11.8 Å². The molecule has 0 amide bonds. The molecule has 1 aromatic heterocycles. The molecule has 1 heterocycles. The monoisotopic (exact) mass is 241 g/mol. The van der Waals surface area contributed by atoms with Crippen molar-refractivity contribution in [2.45, 2.75) is 33.2 Å². The number of thioether (sulfide) groups is 1. The molecule has 1 aromatic rings. The molecule has 1 N–H and O–H groups in total. The molecule has 0 bridgehead atoms. The molecule has 0 aliphatic heterocycles. The molecule has 1 atom stereocenters. The topological polar surface area (TPSA) is 25.2 Å². The molecule has 0 aliphatic rings. The van der Waals surface area contributed by atoms with Crippen molar-refractivity contribution in [2.24, 2.45) is 5.92 Å². The number of hydrogen-bond acceptors (Lipinski definition) is 3. The van der Waals surface area contributed by atoms with Gasteiger partial charge in [-0.05, 0) is 49.4 Å². The van der Waals surface area contributed by atoms with Gasteiger partial charge in [0.25, 0.3) is 0 Å². The van der Waals surface area contributed by atoms with E-state index in [0.29, 0.717) is 6.04 Å². The normalized spacial score (nSPS) is 13.2. The van der Waals surface area contributed by atoms with Gasteiger partial charge in [0.1, 0.15) is 5.76 Å². The zero-order valence-corrected chi connectivity index (χ0v) is 11.3. The molecular formula is C13H23NOS. The van der Waals surface area contributed by atoms with Crippen molar-refractivity contribution in [1.82, 2.24) is 5.32 Å². The Hall–Kier alpha value is -0.410. The van der Waals surface area contributed by atoms with Gasteiger partial charge in [-0.15, -0.1) is 0 Å². The number of rotatable bonds is 8. The van der Waals surface area contributed by atoms with Gasteiger partial charge >= 0.3 is 0 Å². The minimum Gasteiger partial charge on any atom is -0.468 e. The quantitative estimate of drug-likeness (QED) is 0.702. The van der Waals surface area contributed by atoms with Crippen LogP contribution in [0.4, 0.5) is 0 Å². The van der Waals surface area contributed by atoms with E-state index in [2.05, 4.69) is 26.1 Å². The Morgan fingerprint density at radius 2 is 2.19 bits per heavy atom. The Labute approximate surface area is 103 Å². The molecule has 92 valence electrons. The highest BCUT2D eigenvalue weighted by Crippen LogP contribution is 2.12. The highest BCUT2D eigenvalue weighted by atomic mass is 32.2. The summed E-state index contributed by atoms with van der Waals surface area (Å²) in [5.41, 5.74) is 0. The predicted octanol–water partition coefficient (Wildman–Crippen LogP) is 3.71. The standard InChI is InChI=1S/C13H23NOS/c1-11(2)10-16-9-5-7-14-12(3)13-6-4-8-15-13/h4,6,8,11-12,14H,5,7,9-10H2,1-3H3. The summed E-state index contributed by atoms with van der Waals surface area (Å²) in [6.45, 7) is 7.74. The molecule has 0 fully saturated rings. The minimum atomic E-state index is 0.324. The third-order valence-electron chi connectivity index (χ3n) is 2.34. The van der Waals surface area contributed by atoms with E-state index in [1.54, 1.807) is 6.26 Å². The van der Waals surface area contributed by atoms with Gasteiger partial charge in [0.2, 0.25) is 0 Å². The lowest BCUT2D eigenvalue weighted by Gasteiger charge is -2.11. The Morgan fingerprint density at radius 1 is 1.38 bits per heavy atom. The van der Waals surface area contributed by atoms with Gasteiger partial charge in [-0.25, -0.2) is 0 Å². The van der Waals surface area contributed by atoms with Gasteiger partial charge in [-0.3, -0.25) is 0 Å². The Morgan fingerprint density at radius 3 is 2.81 bits per heavy atom. The van der Waals surface area contributed by atoms with Crippen LogP contribution < -0.4 is 5.32 Å². The summed E-state index contributed by atoms with van der Waals surface area (Å²) in [6.07, 6.45) is 2.95. The lowest BCUT2D eigenvalue weighted by Crippen LogP contribution is -2.19. The average Bonchev–Trinajstić information content (AvgIpc) is 2.75. The summed E-state index contributed by atoms with van der Waals surface area (Å²) in [5.74, 6) is 4.35. The van der Waals surface area contributed by atoms with E-state index in [9.17, 15) is 0 Å². The van der Waals surface area contributed by atoms with Gasteiger partial charge in [0.15, 0.2) is 0 Å². The van der Waals surface area contributed by atoms with Crippen molar-refractivity contribution in [3.63, 3.8) is 0 Å². The number of hydrogen-bond donors (Lipinski definition) is 1. The summed E-state index contributed by atoms with van der Waals surface area (Å²) in [5, 5.41) is 3.47. The van der Waals surface area contributed by atoms with Crippen LogP contribution in [0.5, 0.6) is 0 Å². The van der Waals surface area contributed by atoms with Crippen LogP contribution >= 0.6 is 11.8 Å². The van der Waals surface area contributed by atoms with Crippen molar-refractivity contribution >= 4 is 11.8 Å². The van der Waals surface area contributed by atoms with Gasteiger partial charge in [0.05, 0.1) is 12.3 Å². The van der Waals surface area contributed by atoms with Crippen LogP contribution in [0.2, 0.25) is 0 Å². The van der Waals surface area contributed by atoms with Gasteiger partial charge < -0.3 is 9.73 Å². The minimum absolute atomic E-state index is 0.324. The smallest absolute Gasteiger partial charge is 0.120 e. The number of nitrogens with one attached hydrogen (secondary N) is 1. The van der Waals surface area contributed by atoms with Crippen molar-refractivity contribution in [1.29, 1.82) is 0 Å². The van der Waals surface area contributed by atoms with Crippen LogP contribution in [0, 0.1) is 5.92 Å². The first-order chi connectivity index (χ1) is 7.70. The maximum absolute atomic E-state index is 5.34. The van der Waals surface area contributed by atoms with Crippen LogP contribution in [0.1, 0.15) is 39.0 Å². The van der Waals surface area contributed by atoms with E-state index in [4.69, 9.17) is 4.42 Å². The van der Waals surface area contributed by atoms with Crippen LogP contribution in [-0.4, -0.2) is 18.1 Å². The second-order valence-electron chi connectivity index (χ2n) is 4.51. The predicted molar refractivity (Wildman–Crippen MR) is 71.9 cm³/mol. The zero-order chi connectivity index (χ0) is 11.8. The summed E-state index contributed by atoms with van der Waals surface area (Å²) < 4.78 is 5.34. The van der Waals surface area contributed by atoms with Gasteiger partial charge in [0, 0.05) is 0 Å². The highest BCUT2D eigenvalue weighted by Gasteiger charge is 2.05. The Kier molecular flexibility index (Phi) is 6.65. The summed E-state index contributed by atoms with van der Waals surface area (Å²) in [7, 11) is 0. The molecule has 0 aliphatic carbocycles. The summed E-state index contributed by atoms with van der Waals surface area (Å²) in [4.78, 5) is 0. The van der Waals surface area contributed by atoms with Crippen molar-refractivity contribution in [3.05, 3.63) is 24.2 Å². The molecule has 0 radical (unpaired) electrons. The van der Waals surface area contributed by atoms with E-state index >= 15 is 0 Å². The van der Waals surface area contributed by atoms with Crippen LogP contribution in [0.3, 0.4) is 0 Å². The third kappa shape index (κ3) is 5.61. The summed E-state index contributed by atoms with van der Waals surface area (Å²) >= 11 is 2.05. The van der Waals surface area contributed by atoms with Crippen LogP contribution in [0.15, 0.2) is 22.8 Å². The van der Waals surface area contributed by atoms with E-state index in [1.807, 2.05) is 23.9 Å². The van der Waals surface area contributed by atoms with E-state index in [1.165, 1.54) is 17.9 Å². The third-order valence-corrected chi connectivity index (χ3v) is 3.82. The van der Waals surface area contributed by atoms with Crippen molar-refractivity contribution in [3.8, 4) is 0 Å². The van der Waals surface area contributed by atoms with E-state index in [-0.39, 0.29) is 0 Å². The Bertz CT molecular complexity index is 259. The maximum atomic E-state index is 5.34. The fourth-order valence-electron chi connectivity index (χ4n) is 1.45. The van der Waals surface area contributed by atoms with E-state index in [0.717, 1.165) is 18.2 Å². The fourth-order valence-corrected chi connectivity index (χ4v) is 2.44. The molecule has 0 spiro atoms. The lowest BCUT2D eigenvalue weighted by atomic mass is 10.2. The molecule has 1 unspecified atom stereocenters. The maximum Gasteiger partial charge on any atom is 0.120 e. The van der Waals surface area contributed by atoms with Crippen LogP contribution in [0.25, 0.3) is 0 Å². The molecule has 1 rings (SSSR count). The molecule has 16 heavy (non-hydrogen) atoms. The first-order valence-corrected chi connectivity index (χ1v) is 7.20. The molecule has 0 saturated heterocycles. The van der Waals surface area contributed by atoms with Crippen molar-refractivity contribution in [2.75, 3.05) is 18.1 Å². The second-order valence-corrected chi connectivity index (χ2v) is 5.66. The lowest BCUT2D eigenvalue weighted by molar-refractivity contribution is 0.432.